The van der Waals surface area contributed by atoms with Crippen LogP contribution in [0.1, 0.15) is 31.4 Å². The number of nitrogens with zero attached hydrogens (tertiary/aromatic N) is 1. The van der Waals surface area contributed by atoms with Crippen molar-refractivity contribution in [2.45, 2.75) is 39.4 Å². The van der Waals surface area contributed by atoms with Gasteiger partial charge in [-0.05, 0) is 30.7 Å². The molecule has 0 aliphatic carbocycles. The molecule has 1 rings (SSSR count). The largest absolute Gasteiger partial charge is 0.385 e. The first-order valence-corrected chi connectivity index (χ1v) is 8.00. The van der Waals surface area contributed by atoms with E-state index in [4.69, 9.17) is 4.74 Å². The van der Waals surface area contributed by atoms with Crippen LogP contribution >= 0.6 is 15.9 Å². The van der Waals surface area contributed by atoms with Gasteiger partial charge in [0.1, 0.15) is 0 Å². The number of hydrogen-bond acceptors (Lipinski definition) is 3. The van der Waals surface area contributed by atoms with E-state index in [1.165, 1.54) is 15.6 Å². The van der Waals surface area contributed by atoms with Gasteiger partial charge in [0.25, 0.3) is 0 Å². The van der Waals surface area contributed by atoms with Crippen molar-refractivity contribution in [1.29, 1.82) is 0 Å². The van der Waals surface area contributed by atoms with Crippen LogP contribution in [-0.2, 0) is 17.8 Å². The first-order chi connectivity index (χ1) is 9.52. The molecule has 0 saturated carbocycles. The zero-order valence-corrected chi connectivity index (χ0v) is 14.7. The summed E-state index contributed by atoms with van der Waals surface area (Å²) in [5, 5.41) is 3.44. The maximum Gasteiger partial charge on any atom is 0.0474 e. The van der Waals surface area contributed by atoms with Crippen molar-refractivity contribution in [2.24, 2.45) is 0 Å². The van der Waals surface area contributed by atoms with Gasteiger partial charge in [0.2, 0.25) is 0 Å². The molecule has 114 valence electrons. The maximum absolute atomic E-state index is 5.09. The van der Waals surface area contributed by atoms with Crippen LogP contribution in [0.4, 0.5) is 0 Å². The van der Waals surface area contributed by atoms with Gasteiger partial charge in [-0.2, -0.15) is 0 Å². The van der Waals surface area contributed by atoms with Crippen molar-refractivity contribution in [1.82, 2.24) is 10.2 Å². The summed E-state index contributed by atoms with van der Waals surface area (Å²) in [6.45, 7) is 8.08. The predicted octanol–water partition coefficient (Wildman–Crippen LogP) is 3.42. The van der Waals surface area contributed by atoms with Gasteiger partial charge in [0.15, 0.2) is 0 Å². The Labute approximate surface area is 131 Å². The zero-order chi connectivity index (χ0) is 15.0. The van der Waals surface area contributed by atoms with Gasteiger partial charge in [0.05, 0.1) is 0 Å². The average Bonchev–Trinajstić information content (AvgIpc) is 2.39. The van der Waals surface area contributed by atoms with Gasteiger partial charge in [0, 0.05) is 43.9 Å². The van der Waals surface area contributed by atoms with E-state index in [-0.39, 0.29) is 0 Å². The normalized spacial score (nSPS) is 11.6. The van der Waals surface area contributed by atoms with Crippen molar-refractivity contribution in [2.75, 3.05) is 27.3 Å². The molecule has 0 spiro atoms. The molecular formula is C16H27BrN2O. The van der Waals surface area contributed by atoms with Crippen molar-refractivity contribution >= 4 is 15.9 Å². The number of hydrogen-bond donors (Lipinski definition) is 1. The smallest absolute Gasteiger partial charge is 0.0474 e. The highest BCUT2D eigenvalue weighted by Gasteiger charge is 2.05. The molecule has 4 heteroatoms. The SMILES string of the molecule is COCCCN(C)Cc1ccc(CNC(C)C)cc1Br. The van der Waals surface area contributed by atoms with Crippen LogP contribution in [0.5, 0.6) is 0 Å². The maximum atomic E-state index is 5.09. The lowest BCUT2D eigenvalue weighted by molar-refractivity contribution is 0.178. The summed E-state index contributed by atoms with van der Waals surface area (Å²) >= 11 is 3.69. The Bertz CT molecular complexity index is 396. The average molecular weight is 343 g/mol. The second-order valence-electron chi connectivity index (χ2n) is 5.55. The Balaban J connectivity index is 2.50. The van der Waals surface area contributed by atoms with Crippen LogP contribution in [0.15, 0.2) is 22.7 Å². The third kappa shape index (κ3) is 6.84. The number of methoxy groups -OCH3 is 1. The second kappa shape index (κ2) is 9.50. The summed E-state index contributed by atoms with van der Waals surface area (Å²) in [5.74, 6) is 0. The van der Waals surface area contributed by atoms with Crippen LogP contribution in [0, 0.1) is 0 Å². The molecule has 0 aliphatic heterocycles. The van der Waals surface area contributed by atoms with E-state index in [0.29, 0.717) is 6.04 Å². The summed E-state index contributed by atoms with van der Waals surface area (Å²) in [5.41, 5.74) is 2.65. The van der Waals surface area contributed by atoms with Crippen LogP contribution in [-0.4, -0.2) is 38.3 Å². The number of ether oxygens (including phenoxy) is 1. The van der Waals surface area contributed by atoms with Gasteiger partial charge in [-0.15, -0.1) is 0 Å². The minimum atomic E-state index is 0.514. The van der Waals surface area contributed by atoms with Gasteiger partial charge >= 0.3 is 0 Å². The molecule has 3 nitrogen and oxygen atoms in total. The molecule has 0 fully saturated rings. The number of benzene rings is 1. The molecule has 0 heterocycles. The lowest BCUT2D eigenvalue weighted by Gasteiger charge is -2.18. The molecule has 0 amide bonds. The monoisotopic (exact) mass is 342 g/mol. The molecule has 0 aromatic heterocycles. The third-order valence-electron chi connectivity index (χ3n) is 3.16. The van der Waals surface area contributed by atoms with Crippen LogP contribution < -0.4 is 5.32 Å². The molecule has 0 aliphatic rings. The van der Waals surface area contributed by atoms with Crippen molar-refractivity contribution < 1.29 is 4.74 Å². The summed E-state index contributed by atoms with van der Waals surface area (Å²) in [7, 11) is 3.90. The van der Waals surface area contributed by atoms with E-state index in [1.54, 1.807) is 7.11 Å². The number of halogens is 1. The second-order valence-corrected chi connectivity index (χ2v) is 6.40. The molecule has 0 unspecified atom stereocenters. The fourth-order valence-corrected chi connectivity index (χ4v) is 2.55. The summed E-state index contributed by atoms with van der Waals surface area (Å²) in [4.78, 5) is 2.32. The molecule has 1 aromatic carbocycles. The molecule has 1 aromatic rings. The first-order valence-electron chi connectivity index (χ1n) is 7.21. The van der Waals surface area contributed by atoms with Crippen molar-refractivity contribution in [3.8, 4) is 0 Å². The van der Waals surface area contributed by atoms with E-state index in [2.05, 4.69) is 65.2 Å². The minimum Gasteiger partial charge on any atom is -0.385 e. The Morgan fingerprint density at radius 2 is 2.10 bits per heavy atom. The number of rotatable bonds is 9. The topological polar surface area (TPSA) is 24.5 Å². The molecule has 0 bridgehead atoms. The lowest BCUT2D eigenvalue weighted by atomic mass is 10.1. The Hall–Kier alpha value is -0.420. The standard InChI is InChI=1S/C16H27BrN2O/c1-13(2)18-11-14-6-7-15(16(17)10-14)12-19(3)8-5-9-20-4/h6-7,10,13,18H,5,8-9,11-12H2,1-4H3. The highest BCUT2D eigenvalue weighted by Crippen LogP contribution is 2.20. The Kier molecular flexibility index (Phi) is 8.38. The Morgan fingerprint density at radius 1 is 1.35 bits per heavy atom. The third-order valence-corrected chi connectivity index (χ3v) is 3.90. The van der Waals surface area contributed by atoms with Gasteiger partial charge in [-0.3, -0.25) is 0 Å². The van der Waals surface area contributed by atoms with E-state index >= 15 is 0 Å². The van der Waals surface area contributed by atoms with E-state index in [1.807, 2.05) is 0 Å². The summed E-state index contributed by atoms with van der Waals surface area (Å²) in [6.07, 6.45) is 1.07. The molecule has 0 radical (unpaired) electrons. The lowest BCUT2D eigenvalue weighted by Crippen LogP contribution is -2.22. The van der Waals surface area contributed by atoms with E-state index < -0.39 is 0 Å². The highest BCUT2D eigenvalue weighted by atomic mass is 79.9. The minimum absolute atomic E-state index is 0.514. The van der Waals surface area contributed by atoms with E-state index in [9.17, 15) is 0 Å². The quantitative estimate of drug-likeness (QED) is 0.696. The van der Waals surface area contributed by atoms with Crippen LogP contribution in [0.3, 0.4) is 0 Å². The molecule has 0 atom stereocenters. The fraction of sp³-hybridized carbons (Fsp3) is 0.625. The highest BCUT2D eigenvalue weighted by molar-refractivity contribution is 9.10. The van der Waals surface area contributed by atoms with Gasteiger partial charge < -0.3 is 15.0 Å². The van der Waals surface area contributed by atoms with Crippen molar-refractivity contribution in [3.05, 3.63) is 33.8 Å². The molecular weight excluding hydrogens is 316 g/mol. The van der Waals surface area contributed by atoms with Crippen LogP contribution in [0.25, 0.3) is 0 Å². The summed E-state index contributed by atoms with van der Waals surface area (Å²) < 4.78 is 6.28. The Morgan fingerprint density at radius 3 is 2.70 bits per heavy atom. The molecule has 1 N–H and O–H groups in total. The predicted molar refractivity (Wildman–Crippen MR) is 88.9 cm³/mol. The molecule has 0 saturated heterocycles. The first kappa shape index (κ1) is 17.6. The van der Waals surface area contributed by atoms with E-state index in [0.717, 1.165) is 32.7 Å². The number of nitrogens with one attached hydrogen (secondary N) is 1. The van der Waals surface area contributed by atoms with Gasteiger partial charge in [-0.1, -0.05) is 41.9 Å². The van der Waals surface area contributed by atoms with Gasteiger partial charge in [-0.25, -0.2) is 0 Å². The zero-order valence-electron chi connectivity index (χ0n) is 13.1. The molecule has 20 heavy (non-hydrogen) atoms. The fourth-order valence-electron chi connectivity index (χ4n) is 2.00. The van der Waals surface area contributed by atoms with Crippen LogP contribution in [0.2, 0.25) is 0 Å². The summed E-state index contributed by atoms with van der Waals surface area (Å²) in [6, 6.07) is 7.15. The van der Waals surface area contributed by atoms with Crippen molar-refractivity contribution in [3.63, 3.8) is 0 Å².